The summed E-state index contributed by atoms with van der Waals surface area (Å²) in [6, 6.07) is 0. The van der Waals surface area contributed by atoms with Gasteiger partial charge in [0.2, 0.25) is 0 Å². The quantitative estimate of drug-likeness (QED) is 0.582. The van der Waals surface area contributed by atoms with Crippen molar-refractivity contribution in [2.75, 3.05) is 12.4 Å². The number of esters is 1. The molecule has 0 saturated heterocycles. The number of carbonyl (C=O) groups excluding carboxylic acids is 1. The summed E-state index contributed by atoms with van der Waals surface area (Å²) in [4.78, 5) is 10.7. The van der Waals surface area contributed by atoms with Gasteiger partial charge in [0.1, 0.15) is 0 Å². The Morgan fingerprint density at radius 2 is 2.40 bits per heavy atom. The molecule has 1 rings (SSSR count). The van der Waals surface area contributed by atoms with Gasteiger partial charge in [-0.25, -0.2) is 0 Å². The van der Waals surface area contributed by atoms with Crippen molar-refractivity contribution >= 4 is 17.7 Å². The highest BCUT2D eigenvalue weighted by Gasteiger charge is 2.22. The van der Waals surface area contributed by atoms with E-state index >= 15 is 0 Å². The van der Waals surface area contributed by atoms with E-state index in [-0.39, 0.29) is 5.97 Å². The maximum absolute atomic E-state index is 10.7. The van der Waals surface area contributed by atoms with Gasteiger partial charge < -0.3 is 4.74 Å². The van der Waals surface area contributed by atoms with Gasteiger partial charge in [-0.2, -0.15) is 0 Å². The molecule has 0 atom stereocenters. The molecule has 1 saturated carbocycles. The number of hydrogen-bond donors (Lipinski definition) is 0. The second-order valence-electron chi connectivity index (χ2n) is 2.32. The molecule has 0 unspecified atom stereocenters. The minimum absolute atomic E-state index is 0.0700. The number of carbonyl (C=O) groups is 1. The van der Waals surface area contributed by atoms with Crippen LogP contribution in [0.3, 0.4) is 0 Å². The molecular weight excluding hydrogens is 148 g/mol. The summed E-state index contributed by atoms with van der Waals surface area (Å²) in [5.74, 6) is 0.470. The Morgan fingerprint density at radius 1 is 1.70 bits per heavy atom. The van der Waals surface area contributed by atoms with E-state index in [2.05, 4.69) is 0 Å². The predicted molar refractivity (Wildman–Crippen MR) is 42.1 cm³/mol. The minimum Gasteiger partial charge on any atom is -0.465 e. The Labute approximate surface area is 65.3 Å². The normalized spacial score (nSPS) is 16.9. The standard InChI is InChI=1S/C7H12O2S/c1-2-9-7(8)5-10-6-3-4-6/h6H,2-5H2,1H3. The van der Waals surface area contributed by atoms with Gasteiger partial charge in [0.05, 0.1) is 12.4 Å². The minimum atomic E-state index is -0.0700. The van der Waals surface area contributed by atoms with Gasteiger partial charge in [-0.3, -0.25) is 4.79 Å². The van der Waals surface area contributed by atoms with Crippen LogP contribution in [0.4, 0.5) is 0 Å². The van der Waals surface area contributed by atoms with Crippen molar-refractivity contribution in [2.45, 2.75) is 25.0 Å². The lowest BCUT2D eigenvalue weighted by Crippen LogP contribution is -2.06. The first-order chi connectivity index (χ1) is 4.83. The Morgan fingerprint density at radius 3 is 2.90 bits per heavy atom. The molecule has 0 aliphatic heterocycles. The van der Waals surface area contributed by atoms with Crippen molar-refractivity contribution in [3.8, 4) is 0 Å². The highest BCUT2D eigenvalue weighted by molar-refractivity contribution is 8.00. The third-order valence-electron chi connectivity index (χ3n) is 1.27. The zero-order chi connectivity index (χ0) is 7.40. The van der Waals surface area contributed by atoms with Crippen LogP contribution < -0.4 is 0 Å². The van der Waals surface area contributed by atoms with Crippen LogP contribution in [-0.2, 0) is 9.53 Å². The first-order valence-electron chi connectivity index (χ1n) is 3.60. The second kappa shape index (κ2) is 3.86. The Hall–Kier alpha value is -0.180. The fraction of sp³-hybridized carbons (Fsp3) is 0.857. The van der Waals surface area contributed by atoms with E-state index in [1.54, 1.807) is 11.8 Å². The van der Waals surface area contributed by atoms with Crippen LogP contribution in [0.25, 0.3) is 0 Å². The van der Waals surface area contributed by atoms with Gasteiger partial charge in [-0.1, -0.05) is 0 Å². The van der Waals surface area contributed by atoms with Gasteiger partial charge in [0.25, 0.3) is 0 Å². The smallest absolute Gasteiger partial charge is 0.315 e. The fourth-order valence-corrected chi connectivity index (χ4v) is 1.55. The number of thioether (sulfide) groups is 1. The van der Waals surface area contributed by atoms with Gasteiger partial charge in [-0.05, 0) is 19.8 Å². The zero-order valence-corrected chi connectivity index (χ0v) is 6.95. The predicted octanol–water partition coefficient (Wildman–Crippen LogP) is 1.45. The number of ether oxygens (including phenoxy) is 1. The summed E-state index contributed by atoms with van der Waals surface area (Å²) < 4.78 is 4.76. The van der Waals surface area contributed by atoms with Crippen molar-refractivity contribution in [2.24, 2.45) is 0 Å². The maximum atomic E-state index is 10.7. The van der Waals surface area contributed by atoms with E-state index in [1.807, 2.05) is 6.92 Å². The van der Waals surface area contributed by atoms with Crippen molar-refractivity contribution in [1.29, 1.82) is 0 Å². The molecule has 0 bridgehead atoms. The number of rotatable bonds is 4. The van der Waals surface area contributed by atoms with Gasteiger partial charge in [0, 0.05) is 5.25 Å². The topological polar surface area (TPSA) is 26.3 Å². The lowest BCUT2D eigenvalue weighted by Gasteiger charge is -1.98. The lowest BCUT2D eigenvalue weighted by molar-refractivity contribution is -0.139. The van der Waals surface area contributed by atoms with E-state index in [9.17, 15) is 4.79 Å². The third kappa shape index (κ3) is 3.11. The SMILES string of the molecule is CCOC(=O)CSC1CC1. The van der Waals surface area contributed by atoms with Crippen LogP contribution in [-0.4, -0.2) is 23.6 Å². The summed E-state index contributed by atoms with van der Waals surface area (Å²) >= 11 is 1.72. The molecule has 0 aromatic rings. The Balaban J connectivity index is 1.94. The average molecular weight is 160 g/mol. The van der Waals surface area contributed by atoms with Crippen LogP contribution >= 0.6 is 11.8 Å². The van der Waals surface area contributed by atoms with Gasteiger partial charge in [-0.15, -0.1) is 11.8 Å². The molecule has 2 nitrogen and oxygen atoms in total. The molecule has 1 aliphatic carbocycles. The molecule has 3 heteroatoms. The summed E-state index contributed by atoms with van der Waals surface area (Å²) in [5.41, 5.74) is 0. The molecule has 0 heterocycles. The summed E-state index contributed by atoms with van der Waals surface area (Å²) in [7, 11) is 0. The highest BCUT2D eigenvalue weighted by Crippen LogP contribution is 2.33. The molecule has 0 amide bonds. The summed E-state index contributed by atoms with van der Waals surface area (Å²) in [6.07, 6.45) is 2.56. The molecule has 0 aromatic carbocycles. The van der Waals surface area contributed by atoms with E-state index in [0.29, 0.717) is 12.4 Å². The average Bonchev–Trinajstić information content (AvgIpc) is 2.67. The van der Waals surface area contributed by atoms with Gasteiger partial charge in [0.15, 0.2) is 0 Å². The molecule has 1 fully saturated rings. The van der Waals surface area contributed by atoms with E-state index in [4.69, 9.17) is 4.74 Å². The van der Waals surface area contributed by atoms with Crippen LogP contribution in [0, 0.1) is 0 Å². The van der Waals surface area contributed by atoms with Crippen molar-refractivity contribution < 1.29 is 9.53 Å². The number of hydrogen-bond acceptors (Lipinski definition) is 3. The highest BCUT2D eigenvalue weighted by atomic mass is 32.2. The van der Waals surface area contributed by atoms with Gasteiger partial charge >= 0.3 is 5.97 Å². The molecule has 1 aliphatic rings. The molecule has 0 N–H and O–H groups in total. The molecule has 58 valence electrons. The van der Waals surface area contributed by atoms with Crippen LogP contribution in [0.1, 0.15) is 19.8 Å². The molecular formula is C7H12O2S. The summed E-state index contributed by atoms with van der Waals surface area (Å²) in [6.45, 7) is 2.34. The first-order valence-corrected chi connectivity index (χ1v) is 4.65. The molecule has 0 spiro atoms. The van der Waals surface area contributed by atoms with Crippen molar-refractivity contribution in [3.05, 3.63) is 0 Å². The summed E-state index contributed by atoms with van der Waals surface area (Å²) in [5, 5.41) is 0.754. The molecule has 10 heavy (non-hydrogen) atoms. The largest absolute Gasteiger partial charge is 0.465 e. The Bertz CT molecular complexity index is 121. The third-order valence-corrected chi connectivity index (χ3v) is 2.61. The molecule has 0 radical (unpaired) electrons. The fourth-order valence-electron chi connectivity index (χ4n) is 0.623. The van der Waals surface area contributed by atoms with Crippen LogP contribution in [0.2, 0.25) is 0 Å². The monoisotopic (exact) mass is 160 g/mol. The van der Waals surface area contributed by atoms with E-state index in [0.717, 1.165) is 5.25 Å². The second-order valence-corrected chi connectivity index (χ2v) is 3.60. The molecule has 0 aromatic heterocycles. The van der Waals surface area contributed by atoms with E-state index in [1.165, 1.54) is 12.8 Å². The van der Waals surface area contributed by atoms with Crippen LogP contribution in [0.5, 0.6) is 0 Å². The van der Waals surface area contributed by atoms with E-state index < -0.39 is 0 Å². The first kappa shape index (κ1) is 7.92. The maximum Gasteiger partial charge on any atom is 0.315 e. The Kier molecular flexibility index (Phi) is 3.06. The lowest BCUT2D eigenvalue weighted by atomic mass is 10.8. The van der Waals surface area contributed by atoms with Crippen LogP contribution in [0.15, 0.2) is 0 Å². The van der Waals surface area contributed by atoms with Crippen molar-refractivity contribution in [3.63, 3.8) is 0 Å². The van der Waals surface area contributed by atoms with Crippen molar-refractivity contribution in [1.82, 2.24) is 0 Å². The zero-order valence-electron chi connectivity index (χ0n) is 6.13.